The van der Waals surface area contributed by atoms with Gasteiger partial charge in [0.1, 0.15) is 24.7 Å². The fourth-order valence-electron chi connectivity index (χ4n) is 3.84. The van der Waals surface area contributed by atoms with E-state index in [1.165, 1.54) is 0 Å². The molecule has 0 atom stereocenters. The lowest BCUT2D eigenvalue weighted by atomic mass is 10.1. The monoisotopic (exact) mass is 557 g/mol. The second kappa shape index (κ2) is 15.5. The van der Waals surface area contributed by atoms with Gasteiger partial charge in [0.2, 0.25) is 0 Å². The van der Waals surface area contributed by atoms with Gasteiger partial charge in [-0.2, -0.15) is 0 Å². The third kappa shape index (κ3) is 10.2. The minimum absolute atomic E-state index is 0.0241. The molecule has 0 aliphatic carbocycles. The molecule has 11 heteroatoms. The Labute approximate surface area is 234 Å². The summed E-state index contributed by atoms with van der Waals surface area (Å²) in [6.07, 6.45) is -0.768. The molecular weight excluding hydrogens is 518 g/mol. The molecule has 11 nitrogen and oxygen atoms in total. The molecule has 40 heavy (non-hydrogen) atoms. The Morgan fingerprint density at radius 1 is 0.675 bits per heavy atom. The van der Waals surface area contributed by atoms with Gasteiger partial charge in [0, 0.05) is 32.0 Å². The molecular formula is C29H39N3O8. The normalized spacial score (nSPS) is 10.6. The summed E-state index contributed by atoms with van der Waals surface area (Å²) in [6.45, 7) is 10.9. The van der Waals surface area contributed by atoms with Gasteiger partial charge in [-0.3, -0.25) is 9.59 Å². The number of nitrogens with one attached hydrogen (secondary N) is 2. The number of nitrogens with two attached hydrogens (primary N) is 1. The number of esters is 2. The number of amides is 2. The molecule has 218 valence electrons. The van der Waals surface area contributed by atoms with Crippen molar-refractivity contribution in [2.45, 2.75) is 73.6 Å². The number of carbonyl (C=O) groups excluding carboxylic acids is 4. The summed E-state index contributed by atoms with van der Waals surface area (Å²) in [5.41, 5.74) is 10.5. The van der Waals surface area contributed by atoms with Crippen LogP contribution in [0.4, 0.5) is 9.59 Å². The van der Waals surface area contributed by atoms with Gasteiger partial charge >= 0.3 is 24.1 Å². The van der Waals surface area contributed by atoms with Crippen molar-refractivity contribution in [3.63, 3.8) is 0 Å². The number of alkyl carbamates (subject to hydrolysis) is 2. The van der Waals surface area contributed by atoms with Crippen molar-refractivity contribution in [2.75, 3.05) is 13.1 Å². The molecule has 2 amide bonds. The maximum absolute atomic E-state index is 12.1. The summed E-state index contributed by atoms with van der Waals surface area (Å²) in [7, 11) is 0. The van der Waals surface area contributed by atoms with Crippen LogP contribution in [0.1, 0.15) is 60.1 Å². The number of hydrogen-bond donors (Lipinski definition) is 3. The lowest BCUT2D eigenvalue weighted by molar-refractivity contribution is -0.135. The summed E-state index contributed by atoms with van der Waals surface area (Å²) >= 11 is 0. The molecule has 0 aliphatic heterocycles. The quantitative estimate of drug-likeness (QED) is 0.259. The number of hydrogen-bond acceptors (Lipinski definition) is 9. The molecule has 0 fully saturated rings. The van der Waals surface area contributed by atoms with E-state index in [2.05, 4.69) is 10.6 Å². The van der Waals surface area contributed by atoms with E-state index in [1.807, 2.05) is 27.7 Å². The predicted molar refractivity (Wildman–Crippen MR) is 148 cm³/mol. The van der Waals surface area contributed by atoms with Crippen LogP contribution in [0.5, 0.6) is 11.5 Å². The van der Waals surface area contributed by atoms with E-state index < -0.39 is 18.2 Å². The summed E-state index contributed by atoms with van der Waals surface area (Å²) in [5, 5.41) is 5.12. The molecule has 0 aromatic heterocycles. The molecule has 2 aromatic rings. The van der Waals surface area contributed by atoms with E-state index in [1.54, 1.807) is 38.1 Å². The van der Waals surface area contributed by atoms with E-state index in [-0.39, 0.29) is 51.1 Å². The highest BCUT2D eigenvalue weighted by Crippen LogP contribution is 2.26. The average molecular weight is 558 g/mol. The first-order valence-electron chi connectivity index (χ1n) is 13.1. The van der Waals surface area contributed by atoms with Crippen LogP contribution in [-0.2, 0) is 32.3 Å². The zero-order valence-corrected chi connectivity index (χ0v) is 24.0. The highest BCUT2D eigenvalue weighted by atomic mass is 16.6. The first kappa shape index (κ1) is 32.1. The fraction of sp³-hybridized carbons (Fsp3) is 0.448. The summed E-state index contributed by atoms with van der Waals surface area (Å²) in [6, 6.07) is 6.58. The Morgan fingerprint density at radius 2 is 1.00 bits per heavy atom. The lowest BCUT2D eigenvalue weighted by Crippen LogP contribution is -2.45. The van der Waals surface area contributed by atoms with Crippen molar-refractivity contribution in [2.24, 2.45) is 5.73 Å². The molecule has 0 bridgehead atoms. The van der Waals surface area contributed by atoms with E-state index in [0.29, 0.717) is 11.5 Å². The second-order valence-corrected chi connectivity index (χ2v) is 9.45. The first-order chi connectivity index (χ1) is 18.9. The van der Waals surface area contributed by atoms with Crippen LogP contribution in [0.15, 0.2) is 24.3 Å². The molecule has 0 spiro atoms. The van der Waals surface area contributed by atoms with Gasteiger partial charge in [-0.15, -0.1) is 0 Å². The zero-order chi connectivity index (χ0) is 29.8. The molecule has 2 rings (SSSR count). The molecule has 4 N–H and O–H groups in total. The highest BCUT2D eigenvalue weighted by Gasteiger charge is 2.14. The Morgan fingerprint density at radius 3 is 1.30 bits per heavy atom. The van der Waals surface area contributed by atoms with Crippen molar-refractivity contribution in [3.8, 4) is 11.5 Å². The minimum atomic E-state index is -0.659. The zero-order valence-electron chi connectivity index (χ0n) is 24.0. The molecule has 0 aliphatic rings. The largest absolute Gasteiger partial charge is 0.445 e. The highest BCUT2D eigenvalue weighted by molar-refractivity contribution is 5.73. The number of carbonyl (C=O) groups is 4. The second-order valence-electron chi connectivity index (χ2n) is 9.45. The molecule has 0 unspecified atom stereocenters. The third-order valence-corrected chi connectivity index (χ3v) is 5.81. The van der Waals surface area contributed by atoms with Gasteiger partial charge < -0.3 is 35.3 Å². The van der Waals surface area contributed by atoms with Crippen molar-refractivity contribution in [1.29, 1.82) is 0 Å². The summed E-state index contributed by atoms with van der Waals surface area (Å²) < 4.78 is 21.2. The molecule has 0 radical (unpaired) electrons. The van der Waals surface area contributed by atoms with Gasteiger partial charge in [-0.25, -0.2) is 9.59 Å². The lowest BCUT2D eigenvalue weighted by Gasteiger charge is -2.15. The third-order valence-electron chi connectivity index (χ3n) is 5.81. The Bertz CT molecular complexity index is 1090. The van der Waals surface area contributed by atoms with Crippen molar-refractivity contribution in [3.05, 3.63) is 57.6 Å². The average Bonchev–Trinajstić information content (AvgIpc) is 2.91. The van der Waals surface area contributed by atoms with E-state index in [9.17, 15) is 19.2 Å². The topological polar surface area (TPSA) is 155 Å². The molecule has 0 saturated heterocycles. The van der Waals surface area contributed by atoms with Gasteiger partial charge in [0.05, 0.1) is 0 Å². The standard InChI is InChI=1S/C29H39N3O8/c1-7-24(33)39-26-17(3)9-21(10-18(26)4)15-37-28(35)31-13-23(30)14-32-29(36)38-16-22-11-19(5)27(20(6)12-22)40-25(34)8-2/h9-12,23H,7-8,13-16,30H2,1-6H3,(H,31,35)(H,32,36). The van der Waals surface area contributed by atoms with E-state index in [4.69, 9.17) is 24.7 Å². The summed E-state index contributed by atoms with van der Waals surface area (Å²) in [5.74, 6) is 0.382. The van der Waals surface area contributed by atoms with Crippen molar-refractivity contribution < 1.29 is 38.1 Å². The van der Waals surface area contributed by atoms with Crippen molar-refractivity contribution >= 4 is 24.1 Å². The van der Waals surface area contributed by atoms with Crippen LogP contribution in [0.25, 0.3) is 0 Å². The van der Waals surface area contributed by atoms with Gasteiger partial charge in [-0.05, 0) is 85.3 Å². The van der Waals surface area contributed by atoms with Crippen LogP contribution in [0, 0.1) is 27.7 Å². The smallest absolute Gasteiger partial charge is 0.407 e. The number of aryl methyl sites for hydroxylation is 4. The van der Waals surface area contributed by atoms with E-state index >= 15 is 0 Å². The van der Waals surface area contributed by atoms with Crippen LogP contribution in [-0.4, -0.2) is 43.3 Å². The SMILES string of the molecule is CCC(=O)Oc1c(C)cc(COC(=O)NCC(N)CNC(=O)OCc2cc(C)c(OC(=O)CC)c(C)c2)cc1C. The maximum atomic E-state index is 12.1. The summed E-state index contributed by atoms with van der Waals surface area (Å²) in [4.78, 5) is 47.4. The molecule has 0 heterocycles. The van der Waals surface area contributed by atoms with Crippen LogP contribution in [0.2, 0.25) is 0 Å². The minimum Gasteiger partial charge on any atom is -0.445 e. The van der Waals surface area contributed by atoms with Gasteiger partial charge in [0.25, 0.3) is 0 Å². The van der Waals surface area contributed by atoms with Gasteiger partial charge in [-0.1, -0.05) is 13.8 Å². The predicted octanol–water partition coefficient (Wildman–Crippen LogP) is 4.03. The Hall–Kier alpha value is -4.12. The number of ether oxygens (including phenoxy) is 4. The van der Waals surface area contributed by atoms with Crippen molar-refractivity contribution in [1.82, 2.24) is 10.6 Å². The first-order valence-corrected chi connectivity index (χ1v) is 13.1. The number of benzene rings is 2. The van der Waals surface area contributed by atoms with Gasteiger partial charge in [0.15, 0.2) is 0 Å². The maximum Gasteiger partial charge on any atom is 0.407 e. The van der Waals surface area contributed by atoms with E-state index in [0.717, 1.165) is 33.4 Å². The molecule has 2 aromatic carbocycles. The van der Waals surface area contributed by atoms with Crippen LogP contribution >= 0.6 is 0 Å². The molecule has 0 saturated carbocycles. The number of rotatable bonds is 12. The fourth-order valence-corrected chi connectivity index (χ4v) is 3.84. The Kier molecular flexibility index (Phi) is 12.4. The van der Waals surface area contributed by atoms with Crippen LogP contribution < -0.4 is 25.8 Å². The van der Waals surface area contributed by atoms with Crippen LogP contribution in [0.3, 0.4) is 0 Å². The Balaban J connectivity index is 1.72.